The Hall–Kier alpha value is -4.75. The molecule has 7 heteroatoms. The standard InChI is InChI=1S/C29H19N5OS/c35-29(31-22-10-8-18(9-11-22)24-17-34-12-4-3-7-27(34)32-24)20-13-21-16-30-33-28(21)23(14-20)26-15-19-5-1-2-6-25(19)36-26/h1-17H,(H,30,33)(H,31,35). The van der Waals surface area contributed by atoms with Gasteiger partial charge in [-0.05, 0) is 53.9 Å². The summed E-state index contributed by atoms with van der Waals surface area (Å²) >= 11 is 1.71. The zero-order valence-corrected chi connectivity index (χ0v) is 19.8. The third-order valence-corrected chi connectivity index (χ3v) is 7.45. The number of anilines is 1. The summed E-state index contributed by atoms with van der Waals surface area (Å²) in [7, 11) is 0. The lowest BCUT2D eigenvalue weighted by molar-refractivity contribution is 0.102. The fraction of sp³-hybridized carbons (Fsp3) is 0. The van der Waals surface area contributed by atoms with E-state index in [0.29, 0.717) is 5.56 Å². The lowest BCUT2D eigenvalue weighted by Crippen LogP contribution is -2.12. The molecule has 0 radical (unpaired) electrons. The number of fused-ring (bicyclic) bond motifs is 3. The Balaban J connectivity index is 1.19. The molecule has 7 aromatic rings. The second-order valence-electron chi connectivity index (χ2n) is 8.63. The first-order chi connectivity index (χ1) is 17.7. The average Bonchev–Trinajstić information content (AvgIpc) is 3.66. The monoisotopic (exact) mass is 485 g/mol. The van der Waals surface area contributed by atoms with Gasteiger partial charge in [-0.1, -0.05) is 36.4 Å². The highest BCUT2D eigenvalue weighted by Crippen LogP contribution is 2.37. The van der Waals surface area contributed by atoms with Crippen molar-refractivity contribution in [3.05, 3.63) is 109 Å². The van der Waals surface area contributed by atoms with Crippen LogP contribution in [0.4, 0.5) is 5.69 Å². The van der Waals surface area contributed by atoms with Crippen molar-refractivity contribution in [1.82, 2.24) is 19.6 Å². The van der Waals surface area contributed by atoms with E-state index >= 15 is 0 Å². The van der Waals surface area contributed by atoms with Gasteiger partial charge in [-0.25, -0.2) is 4.98 Å². The van der Waals surface area contributed by atoms with E-state index in [9.17, 15) is 4.79 Å². The van der Waals surface area contributed by atoms with Crippen LogP contribution in [0, 0.1) is 0 Å². The second kappa shape index (κ2) is 8.18. The number of carbonyl (C=O) groups excluding carboxylic acids is 1. The SMILES string of the molecule is O=C(Nc1ccc(-c2cn3ccccc3n2)cc1)c1cc(-c2cc3ccccc3s2)c2[nH]ncc2c1. The number of nitrogens with zero attached hydrogens (tertiary/aromatic N) is 3. The molecule has 0 fully saturated rings. The summed E-state index contributed by atoms with van der Waals surface area (Å²) in [5.41, 5.74) is 5.98. The molecule has 0 bridgehead atoms. The van der Waals surface area contributed by atoms with Gasteiger partial charge in [-0.3, -0.25) is 9.89 Å². The first-order valence-corrected chi connectivity index (χ1v) is 12.3. The van der Waals surface area contributed by atoms with Gasteiger partial charge in [0.2, 0.25) is 0 Å². The molecule has 1 amide bonds. The van der Waals surface area contributed by atoms with Gasteiger partial charge in [-0.2, -0.15) is 5.10 Å². The van der Waals surface area contributed by atoms with E-state index in [-0.39, 0.29) is 5.91 Å². The molecular weight excluding hydrogens is 466 g/mol. The number of H-pyrrole nitrogens is 1. The van der Waals surface area contributed by atoms with E-state index in [1.54, 1.807) is 17.5 Å². The first kappa shape index (κ1) is 20.6. The number of imidazole rings is 1. The van der Waals surface area contributed by atoms with Crippen LogP contribution >= 0.6 is 11.3 Å². The van der Waals surface area contributed by atoms with Crippen molar-refractivity contribution in [1.29, 1.82) is 0 Å². The largest absolute Gasteiger partial charge is 0.322 e. The van der Waals surface area contributed by atoms with E-state index < -0.39 is 0 Å². The Bertz CT molecular complexity index is 1830. The number of hydrogen-bond acceptors (Lipinski definition) is 4. The van der Waals surface area contributed by atoms with Crippen molar-refractivity contribution in [2.45, 2.75) is 0 Å². The van der Waals surface area contributed by atoms with E-state index in [0.717, 1.165) is 43.9 Å². The summed E-state index contributed by atoms with van der Waals surface area (Å²) < 4.78 is 3.20. The zero-order valence-electron chi connectivity index (χ0n) is 19.0. The van der Waals surface area contributed by atoms with Gasteiger partial charge in [0.25, 0.3) is 5.91 Å². The zero-order chi connectivity index (χ0) is 24.1. The molecule has 3 aromatic carbocycles. The Morgan fingerprint density at radius 1 is 0.917 bits per heavy atom. The molecule has 36 heavy (non-hydrogen) atoms. The number of rotatable bonds is 4. The number of carbonyl (C=O) groups is 1. The highest BCUT2D eigenvalue weighted by Gasteiger charge is 2.15. The van der Waals surface area contributed by atoms with Crippen LogP contribution in [0.2, 0.25) is 0 Å². The molecule has 4 heterocycles. The molecule has 172 valence electrons. The topological polar surface area (TPSA) is 75.1 Å². The summed E-state index contributed by atoms with van der Waals surface area (Å²) in [5.74, 6) is -0.166. The Kier molecular flexibility index (Phi) is 4.68. The van der Waals surface area contributed by atoms with Gasteiger partial charge < -0.3 is 9.72 Å². The molecule has 0 saturated carbocycles. The first-order valence-electron chi connectivity index (χ1n) is 11.5. The maximum absolute atomic E-state index is 13.3. The summed E-state index contributed by atoms with van der Waals surface area (Å²) in [6.45, 7) is 0. The van der Waals surface area contributed by atoms with Crippen LogP contribution in [-0.4, -0.2) is 25.5 Å². The maximum Gasteiger partial charge on any atom is 0.255 e. The van der Waals surface area contributed by atoms with Gasteiger partial charge in [0.15, 0.2) is 0 Å². The molecule has 2 N–H and O–H groups in total. The normalized spacial score (nSPS) is 11.4. The molecule has 7 rings (SSSR count). The molecule has 4 aromatic heterocycles. The van der Waals surface area contributed by atoms with Crippen molar-refractivity contribution in [2.24, 2.45) is 0 Å². The number of benzene rings is 3. The summed E-state index contributed by atoms with van der Waals surface area (Å²) in [6.07, 6.45) is 5.73. The van der Waals surface area contributed by atoms with E-state index in [1.165, 1.54) is 10.1 Å². The van der Waals surface area contributed by atoms with E-state index in [2.05, 4.69) is 38.7 Å². The van der Waals surface area contributed by atoms with Crippen molar-refractivity contribution < 1.29 is 4.79 Å². The smallest absolute Gasteiger partial charge is 0.255 e. The number of nitrogens with one attached hydrogen (secondary N) is 2. The highest BCUT2D eigenvalue weighted by molar-refractivity contribution is 7.22. The minimum atomic E-state index is -0.166. The van der Waals surface area contributed by atoms with E-state index in [1.807, 2.05) is 83.5 Å². The summed E-state index contributed by atoms with van der Waals surface area (Å²) in [4.78, 5) is 19.0. The summed E-state index contributed by atoms with van der Waals surface area (Å²) in [6, 6.07) is 27.9. The molecular formula is C29H19N5OS. The highest BCUT2D eigenvalue weighted by atomic mass is 32.1. The van der Waals surface area contributed by atoms with Crippen LogP contribution in [0.15, 0.2) is 104 Å². The minimum absolute atomic E-state index is 0.166. The molecule has 6 nitrogen and oxygen atoms in total. The third-order valence-electron chi connectivity index (χ3n) is 6.30. The van der Waals surface area contributed by atoms with Gasteiger partial charge in [0.1, 0.15) is 5.65 Å². The molecule has 0 aliphatic rings. The van der Waals surface area contributed by atoms with Gasteiger partial charge in [-0.15, -0.1) is 11.3 Å². The third kappa shape index (κ3) is 3.54. The lowest BCUT2D eigenvalue weighted by Gasteiger charge is -2.08. The lowest BCUT2D eigenvalue weighted by atomic mass is 10.0. The minimum Gasteiger partial charge on any atom is -0.322 e. The van der Waals surface area contributed by atoms with Gasteiger partial charge in [0, 0.05) is 49.7 Å². The fourth-order valence-electron chi connectivity index (χ4n) is 4.50. The Morgan fingerprint density at radius 2 is 1.78 bits per heavy atom. The maximum atomic E-state index is 13.3. The number of pyridine rings is 1. The average molecular weight is 486 g/mol. The Morgan fingerprint density at radius 3 is 2.64 bits per heavy atom. The number of hydrogen-bond donors (Lipinski definition) is 2. The predicted molar refractivity (Wildman–Crippen MR) is 145 cm³/mol. The number of aromatic nitrogens is 4. The van der Waals surface area contributed by atoms with Crippen LogP contribution in [0.3, 0.4) is 0 Å². The molecule has 0 saturated heterocycles. The van der Waals surface area contributed by atoms with Crippen molar-refractivity contribution in [2.75, 3.05) is 5.32 Å². The molecule has 0 unspecified atom stereocenters. The molecule has 0 aliphatic carbocycles. The molecule has 0 aliphatic heterocycles. The Labute approximate surface area is 209 Å². The molecule has 0 atom stereocenters. The van der Waals surface area contributed by atoms with Crippen molar-refractivity contribution in [3.63, 3.8) is 0 Å². The van der Waals surface area contributed by atoms with Crippen molar-refractivity contribution in [3.8, 4) is 21.7 Å². The number of thiophene rings is 1. The van der Waals surface area contributed by atoms with Crippen LogP contribution in [0.1, 0.15) is 10.4 Å². The van der Waals surface area contributed by atoms with Crippen LogP contribution in [0.5, 0.6) is 0 Å². The van der Waals surface area contributed by atoms with Crippen LogP contribution in [0.25, 0.3) is 48.3 Å². The molecule has 0 spiro atoms. The summed E-state index contributed by atoms with van der Waals surface area (Å²) in [5, 5.41) is 12.4. The van der Waals surface area contributed by atoms with E-state index in [4.69, 9.17) is 0 Å². The van der Waals surface area contributed by atoms with Crippen LogP contribution < -0.4 is 5.32 Å². The number of aromatic amines is 1. The fourth-order valence-corrected chi connectivity index (χ4v) is 5.58. The quantitative estimate of drug-likeness (QED) is 0.282. The van der Waals surface area contributed by atoms with Gasteiger partial charge >= 0.3 is 0 Å². The van der Waals surface area contributed by atoms with Crippen LogP contribution in [-0.2, 0) is 0 Å². The number of amides is 1. The predicted octanol–water partition coefficient (Wildman–Crippen LogP) is 7.01. The van der Waals surface area contributed by atoms with Gasteiger partial charge in [0.05, 0.1) is 17.4 Å². The van der Waals surface area contributed by atoms with Crippen molar-refractivity contribution >= 4 is 49.6 Å². The second-order valence-corrected chi connectivity index (χ2v) is 9.71.